The van der Waals surface area contributed by atoms with Crippen LogP contribution in [0, 0.1) is 13.8 Å². The maximum absolute atomic E-state index is 5.10. The van der Waals surface area contributed by atoms with Crippen LogP contribution in [0.2, 0.25) is 0 Å². The lowest BCUT2D eigenvalue weighted by atomic mass is 10.1. The molecule has 3 heterocycles. The second-order valence-corrected chi connectivity index (χ2v) is 7.99. The van der Waals surface area contributed by atoms with Crippen LogP contribution < -0.4 is 0 Å². The largest absolute Gasteiger partial charge is 0.343 e. The highest BCUT2D eigenvalue weighted by Crippen LogP contribution is 2.37. The van der Waals surface area contributed by atoms with Crippen molar-refractivity contribution in [2.75, 3.05) is 0 Å². The number of hydrogen-bond acceptors (Lipinski definition) is 1. The standard InChI is InChI=1S/C26H21N3/c1-16-8-11-18(12-9-16)22-15-24-25(19-6-4-5-7-21(19)28(24)3)26-27-20-13-10-17(2)14-23(20)29(22)26/h4-15H,1-3H3. The lowest BCUT2D eigenvalue weighted by molar-refractivity contribution is 1.01. The summed E-state index contributed by atoms with van der Waals surface area (Å²) in [7, 11) is 2.15. The van der Waals surface area contributed by atoms with Gasteiger partial charge in [0, 0.05) is 18.0 Å². The molecular formula is C26H21N3. The van der Waals surface area contributed by atoms with E-state index in [0.717, 1.165) is 16.7 Å². The highest BCUT2D eigenvalue weighted by atomic mass is 15.0. The Balaban J connectivity index is 1.90. The minimum atomic E-state index is 1.02. The molecule has 0 N–H and O–H groups in total. The van der Waals surface area contributed by atoms with E-state index in [9.17, 15) is 0 Å². The first-order valence-electron chi connectivity index (χ1n) is 9.98. The fourth-order valence-electron chi connectivity index (χ4n) is 4.54. The molecule has 0 aliphatic rings. The number of pyridine rings is 1. The molecular weight excluding hydrogens is 354 g/mol. The first-order valence-corrected chi connectivity index (χ1v) is 9.98. The predicted octanol–water partition coefficient (Wildman–Crippen LogP) is 6.42. The third-order valence-electron chi connectivity index (χ3n) is 6.05. The van der Waals surface area contributed by atoms with Crippen molar-refractivity contribution in [1.82, 2.24) is 14.0 Å². The van der Waals surface area contributed by atoms with E-state index < -0.39 is 0 Å². The molecule has 0 atom stereocenters. The predicted molar refractivity (Wildman–Crippen MR) is 122 cm³/mol. The first kappa shape index (κ1) is 16.4. The summed E-state index contributed by atoms with van der Waals surface area (Å²) in [6.45, 7) is 4.27. The molecule has 0 fully saturated rings. The second kappa shape index (κ2) is 5.71. The van der Waals surface area contributed by atoms with E-state index in [1.165, 1.54) is 44.2 Å². The minimum Gasteiger partial charge on any atom is -0.343 e. The van der Waals surface area contributed by atoms with Gasteiger partial charge in [0.25, 0.3) is 0 Å². The summed E-state index contributed by atoms with van der Waals surface area (Å²) in [5.74, 6) is 0. The monoisotopic (exact) mass is 375 g/mol. The molecule has 0 bridgehead atoms. The van der Waals surface area contributed by atoms with E-state index in [2.05, 4.69) is 103 Å². The number of rotatable bonds is 1. The Morgan fingerprint density at radius 1 is 0.724 bits per heavy atom. The number of nitrogens with zero attached hydrogens (tertiary/aromatic N) is 3. The maximum atomic E-state index is 5.10. The quantitative estimate of drug-likeness (QED) is 0.325. The molecule has 3 nitrogen and oxygen atoms in total. The van der Waals surface area contributed by atoms with E-state index in [1.54, 1.807) is 0 Å². The van der Waals surface area contributed by atoms with E-state index in [0.29, 0.717) is 0 Å². The highest BCUT2D eigenvalue weighted by Gasteiger charge is 2.18. The molecule has 140 valence electrons. The van der Waals surface area contributed by atoms with Crippen LogP contribution in [-0.2, 0) is 7.05 Å². The molecule has 0 aliphatic carbocycles. The zero-order valence-electron chi connectivity index (χ0n) is 16.8. The molecule has 0 spiro atoms. The molecule has 29 heavy (non-hydrogen) atoms. The van der Waals surface area contributed by atoms with Gasteiger partial charge in [0.2, 0.25) is 0 Å². The Labute approximate surface area is 168 Å². The van der Waals surface area contributed by atoms with E-state index in [4.69, 9.17) is 4.98 Å². The summed E-state index contributed by atoms with van der Waals surface area (Å²) in [5.41, 5.74) is 10.5. The summed E-state index contributed by atoms with van der Waals surface area (Å²) < 4.78 is 4.62. The third-order valence-corrected chi connectivity index (χ3v) is 6.05. The summed E-state index contributed by atoms with van der Waals surface area (Å²) in [5, 5.41) is 2.46. The van der Waals surface area contributed by atoms with Crippen LogP contribution in [0.15, 0.2) is 72.8 Å². The first-order chi connectivity index (χ1) is 14.1. The van der Waals surface area contributed by atoms with Crippen molar-refractivity contribution in [3.8, 4) is 11.3 Å². The van der Waals surface area contributed by atoms with Gasteiger partial charge in [-0.05, 0) is 49.2 Å². The average molecular weight is 375 g/mol. The van der Waals surface area contributed by atoms with Crippen LogP contribution >= 0.6 is 0 Å². The molecule has 6 rings (SSSR count). The molecule has 6 aromatic rings. The van der Waals surface area contributed by atoms with Crippen LogP contribution in [0.3, 0.4) is 0 Å². The van der Waals surface area contributed by atoms with Crippen molar-refractivity contribution < 1.29 is 0 Å². The number of aryl methyl sites for hydroxylation is 3. The number of para-hydroxylation sites is 1. The third kappa shape index (κ3) is 2.21. The highest BCUT2D eigenvalue weighted by molar-refractivity contribution is 6.16. The Bertz CT molecular complexity index is 1560. The zero-order valence-corrected chi connectivity index (χ0v) is 16.8. The van der Waals surface area contributed by atoms with Gasteiger partial charge in [-0.15, -0.1) is 0 Å². The lowest BCUT2D eigenvalue weighted by Crippen LogP contribution is -1.95. The van der Waals surface area contributed by atoms with E-state index >= 15 is 0 Å². The summed E-state index contributed by atoms with van der Waals surface area (Å²) in [6.07, 6.45) is 0. The van der Waals surface area contributed by atoms with Gasteiger partial charge in [0.15, 0.2) is 0 Å². The zero-order chi connectivity index (χ0) is 19.7. The van der Waals surface area contributed by atoms with E-state index in [1.807, 2.05) is 0 Å². The van der Waals surface area contributed by atoms with Crippen LogP contribution in [0.25, 0.3) is 49.7 Å². The molecule has 3 heteroatoms. The second-order valence-electron chi connectivity index (χ2n) is 7.99. The summed E-state index contributed by atoms with van der Waals surface area (Å²) >= 11 is 0. The van der Waals surface area contributed by atoms with Crippen molar-refractivity contribution in [1.29, 1.82) is 0 Å². The summed E-state index contributed by atoms with van der Waals surface area (Å²) in [6, 6.07) is 26.2. The topological polar surface area (TPSA) is 22.2 Å². The SMILES string of the molecule is Cc1ccc(-c2cc3c(c4ccccc4n3C)c3nc4ccc(C)cc4n23)cc1. The molecule has 0 amide bonds. The van der Waals surface area contributed by atoms with Crippen molar-refractivity contribution in [2.24, 2.45) is 7.05 Å². The maximum Gasteiger partial charge on any atom is 0.148 e. The van der Waals surface area contributed by atoms with Crippen LogP contribution in [-0.4, -0.2) is 14.0 Å². The average Bonchev–Trinajstić information content (AvgIpc) is 3.24. The number of fused-ring (bicyclic) bond motifs is 7. The van der Waals surface area contributed by atoms with Gasteiger partial charge >= 0.3 is 0 Å². The fraction of sp³-hybridized carbons (Fsp3) is 0.115. The summed E-state index contributed by atoms with van der Waals surface area (Å²) in [4.78, 5) is 5.10. The molecule has 0 saturated heterocycles. The molecule has 3 aromatic carbocycles. The van der Waals surface area contributed by atoms with Crippen molar-refractivity contribution in [2.45, 2.75) is 13.8 Å². The fourth-order valence-corrected chi connectivity index (χ4v) is 4.54. The van der Waals surface area contributed by atoms with Gasteiger partial charge in [-0.2, -0.15) is 0 Å². The molecule has 0 radical (unpaired) electrons. The Hall–Kier alpha value is -3.59. The number of benzene rings is 3. The number of imidazole rings is 1. The van der Waals surface area contributed by atoms with Crippen molar-refractivity contribution >= 4 is 38.5 Å². The van der Waals surface area contributed by atoms with Gasteiger partial charge in [-0.25, -0.2) is 4.98 Å². The molecule has 0 saturated carbocycles. The van der Waals surface area contributed by atoms with Crippen LogP contribution in [0.1, 0.15) is 11.1 Å². The number of aromatic nitrogens is 3. The smallest absolute Gasteiger partial charge is 0.148 e. The Kier molecular flexibility index (Phi) is 3.22. The Morgan fingerprint density at radius 2 is 1.48 bits per heavy atom. The Morgan fingerprint density at radius 3 is 2.31 bits per heavy atom. The molecule has 3 aromatic heterocycles. The van der Waals surface area contributed by atoms with Gasteiger partial charge < -0.3 is 4.57 Å². The van der Waals surface area contributed by atoms with Crippen molar-refractivity contribution in [3.63, 3.8) is 0 Å². The lowest BCUT2D eigenvalue weighted by Gasteiger charge is -2.10. The molecule has 0 aliphatic heterocycles. The van der Waals surface area contributed by atoms with Gasteiger partial charge in [0.1, 0.15) is 5.65 Å². The van der Waals surface area contributed by atoms with E-state index in [-0.39, 0.29) is 0 Å². The van der Waals surface area contributed by atoms with Gasteiger partial charge in [0.05, 0.1) is 27.6 Å². The normalized spacial score (nSPS) is 12.0. The molecule has 0 unspecified atom stereocenters. The van der Waals surface area contributed by atoms with Gasteiger partial charge in [-0.1, -0.05) is 54.1 Å². The van der Waals surface area contributed by atoms with Gasteiger partial charge in [-0.3, -0.25) is 4.40 Å². The minimum absolute atomic E-state index is 1.02. The van der Waals surface area contributed by atoms with Crippen LogP contribution in [0.4, 0.5) is 0 Å². The number of hydrogen-bond donors (Lipinski definition) is 0. The van der Waals surface area contributed by atoms with Crippen molar-refractivity contribution in [3.05, 3.63) is 83.9 Å². The van der Waals surface area contributed by atoms with Crippen LogP contribution in [0.5, 0.6) is 0 Å².